The number of fused-ring (bicyclic) bond motifs is 1. The van der Waals surface area contributed by atoms with Crippen molar-refractivity contribution >= 4 is 11.8 Å². The summed E-state index contributed by atoms with van der Waals surface area (Å²) in [4.78, 5) is 24.4. The number of phenols is 2. The Labute approximate surface area is 140 Å². The number of ether oxygens (including phenoxy) is 1. The first-order valence-electron chi connectivity index (χ1n) is 7.99. The van der Waals surface area contributed by atoms with Crippen LogP contribution in [0.25, 0.3) is 0 Å². The van der Waals surface area contributed by atoms with Crippen LogP contribution in [-0.4, -0.2) is 39.3 Å². The summed E-state index contributed by atoms with van der Waals surface area (Å²) in [6.07, 6.45) is 4.17. The van der Waals surface area contributed by atoms with Crippen LogP contribution in [0.4, 0.5) is 0 Å². The highest BCUT2D eigenvalue weighted by molar-refractivity contribution is 5.96. The molecule has 0 unspecified atom stereocenters. The van der Waals surface area contributed by atoms with Crippen LogP contribution >= 0.6 is 0 Å². The summed E-state index contributed by atoms with van der Waals surface area (Å²) in [5.74, 6) is -1.42. The van der Waals surface area contributed by atoms with E-state index in [4.69, 9.17) is 4.74 Å². The molecule has 1 aliphatic heterocycles. The first kappa shape index (κ1) is 18.0. The van der Waals surface area contributed by atoms with Gasteiger partial charge in [0.05, 0.1) is 6.10 Å². The second-order valence-electron chi connectivity index (χ2n) is 6.06. The SMILES string of the molecule is C[C@H](O)C/C=C/[C@@H]1CCCC(=O)Cc2cc(O)cc(O)c2C(=O)O1. The fraction of sp³-hybridized carbons (Fsp3) is 0.444. The van der Waals surface area contributed by atoms with Gasteiger partial charge in [-0.1, -0.05) is 6.08 Å². The summed E-state index contributed by atoms with van der Waals surface area (Å²) in [7, 11) is 0. The number of carbonyl (C=O) groups excluding carboxylic acids is 2. The van der Waals surface area contributed by atoms with Crippen molar-refractivity contribution in [2.75, 3.05) is 0 Å². The number of aromatic hydroxyl groups is 2. The third-order valence-electron chi connectivity index (χ3n) is 3.81. The molecule has 0 spiro atoms. The van der Waals surface area contributed by atoms with Crippen molar-refractivity contribution in [2.45, 2.75) is 51.2 Å². The smallest absolute Gasteiger partial charge is 0.342 e. The minimum Gasteiger partial charge on any atom is -0.508 e. The fourth-order valence-corrected chi connectivity index (χ4v) is 2.66. The number of aliphatic hydroxyl groups is 1. The van der Waals surface area contributed by atoms with E-state index in [1.165, 1.54) is 6.07 Å². The molecular formula is C18H22O6. The second-order valence-corrected chi connectivity index (χ2v) is 6.06. The highest BCUT2D eigenvalue weighted by Gasteiger charge is 2.24. The maximum atomic E-state index is 12.4. The van der Waals surface area contributed by atoms with Crippen molar-refractivity contribution in [1.29, 1.82) is 0 Å². The van der Waals surface area contributed by atoms with Crippen molar-refractivity contribution in [1.82, 2.24) is 0 Å². The number of phenolic OH excluding ortho intramolecular Hbond substituents is 2. The van der Waals surface area contributed by atoms with E-state index in [9.17, 15) is 24.9 Å². The lowest BCUT2D eigenvalue weighted by Crippen LogP contribution is -2.21. The molecule has 0 aromatic heterocycles. The molecule has 0 bridgehead atoms. The van der Waals surface area contributed by atoms with Crippen molar-refractivity contribution in [3.8, 4) is 11.5 Å². The van der Waals surface area contributed by atoms with E-state index in [1.807, 2.05) is 0 Å². The molecule has 0 amide bonds. The first-order valence-corrected chi connectivity index (χ1v) is 7.99. The first-order chi connectivity index (χ1) is 11.4. The van der Waals surface area contributed by atoms with Crippen LogP contribution in [0.1, 0.15) is 48.5 Å². The summed E-state index contributed by atoms with van der Waals surface area (Å²) in [5.41, 5.74) is 0.174. The molecule has 2 atom stereocenters. The van der Waals surface area contributed by atoms with E-state index in [-0.39, 0.29) is 29.1 Å². The summed E-state index contributed by atoms with van der Waals surface area (Å²) >= 11 is 0. The Morgan fingerprint density at radius 3 is 2.79 bits per heavy atom. The molecule has 0 saturated carbocycles. The molecule has 1 aromatic carbocycles. The molecule has 0 fully saturated rings. The quantitative estimate of drug-likeness (QED) is 0.578. The van der Waals surface area contributed by atoms with Gasteiger partial charge in [-0.15, -0.1) is 0 Å². The lowest BCUT2D eigenvalue weighted by molar-refractivity contribution is -0.118. The van der Waals surface area contributed by atoms with Crippen LogP contribution in [0.15, 0.2) is 24.3 Å². The fourth-order valence-electron chi connectivity index (χ4n) is 2.66. The standard InChI is InChI=1S/C18H22O6/c1-11(19)4-2-6-15-7-3-5-13(20)8-12-9-14(21)10-16(22)17(12)18(23)24-15/h2,6,9-11,15,19,21-22H,3-5,7-8H2,1H3/b6-2+/t11-,15+/m0/s1. The number of cyclic esters (lactones) is 1. The zero-order valence-electron chi connectivity index (χ0n) is 13.6. The summed E-state index contributed by atoms with van der Waals surface area (Å²) in [6.45, 7) is 1.66. The minimum atomic E-state index is -0.733. The lowest BCUT2D eigenvalue weighted by atomic mass is 9.97. The predicted molar refractivity (Wildman–Crippen MR) is 87.0 cm³/mol. The molecule has 130 valence electrons. The number of esters is 1. The Balaban J connectivity index is 2.30. The summed E-state index contributed by atoms with van der Waals surface area (Å²) < 4.78 is 5.43. The molecule has 1 heterocycles. The van der Waals surface area contributed by atoms with Crippen molar-refractivity contribution < 1.29 is 29.6 Å². The van der Waals surface area contributed by atoms with Gasteiger partial charge in [0, 0.05) is 18.9 Å². The van der Waals surface area contributed by atoms with Crippen molar-refractivity contribution in [3.63, 3.8) is 0 Å². The third kappa shape index (κ3) is 4.83. The van der Waals surface area contributed by atoms with Gasteiger partial charge in [-0.25, -0.2) is 4.79 Å². The monoisotopic (exact) mass is 334 g/mol. The van der Waals surface area contributed by atoms with E-state index in [0.29, 0.717) is 25.7 Å². The van der Waals surface area contributed by atoms with Gasteiger partial charge in [-0.2, -0.15) is 0 Å². The van der Waals surface area contributed by atoms with Gasteiger partial charge in [-0.3, -0.25) is 4.79 Å². The Morgan fingerprint density at radius 2 is 2.08 bits per heavy atom. The van der Waals surface area contributed by atoms with E-state index in [2.05, 4.69) is 0 Å². The molecule has 0 saturated heterocycles. The average molecular weight is 334 g/mol. The zero-order chi connectivity index (χ0) is 17.7. The summed E-state index contributed by atoms with van der Waals surface area (Å²) in [6, 6.07) is 2.35. The van der Waals surface area contributed by atoms with Crippen LogP contribution < -0.4 is 0 Å². The molecule has 1 aromatic rings. The maximum Gasteiger partial charge on any atom is 0.342 e. The molecule has 2 rings (SSSR count). The van der Waals surface area contributed by atoms with Gasteiger partial charge in [0.2, 0.25) is 0 Å². The number of ketones is 1. The van der Waals surface area contributed by atoms with E-state index in [1.54, 1.807) is 19.1 Å². The number of rotatable bonds is 3. The highest BCUT2D eigenvalue weighted by Crippen LogP contribution is 2.30. The average Bonchev–Trinajstić information content (AvgIpc) is 2.45. The van der Waals surface area contributed by atoms with Gasteiger partial charge < -0.3 is 20.1 Å². The Bertz CT molecular complexity index is 647. The topological polar surface area (TPSA) is 104 Å². The second kappa shape index (κ2) is 7.97. The molecule has 1 aliphatic rings. The highest BCUT2D eigenvalue weighted by atomic mass is 16.5. The predicted octanol–water partition coefficient (Wildman–Crippen LogP) is 2.25. The van der Waals surface area contributed by atoms with Crippen LogP contribution in [0.3, 0.4) is 0 Å². The number of aliphatic hydroxyl groups excluding tert-OH is 1. The molecule has 6 heteroatoms. The van der Waals surface area contributed by atoms with Gasteiger partial charge in [0.15, 0.2) is 0 Å². The normalized spacial score (nSPS) is 20.5. The van der Waals surface area contributed by atoms with E-state index < -0.39 is 23.9 Å². The molecule has 6 nitrogen and oxygen atoms in total. The Hall–Kier alpha value is -2.34. The molecule has 0 aliphatic carbocycles. The van der Waals surface area contributed by atoms with Crippen LogP contribution in [-0.2, 0) is 16.0 Å². The number of benzene rings is 1. The largest absolute Gasteiger partial charge is 0.508 e. The van der Waals surface area contributed by atoms with Crippen LogP contribution in [0.5, 0.6) is 11.5 Å². The third-order valence-corrected chi connectivity index (χ3v) is 3.81. The molecule has 3 N–H and O–H groups in total. The molecular weight excluding hydrogens is 312 g/mol. The van der Waals surface area contributed by atoms with Gasteiger partial charge in [0.1, 0.15) is 28.9 Å². The minimum absolute atomic E-state index is 0.0328. The number of carbonyl (C=O) groups is 2. The number of Topliss-reactive ketones (excluding diaryl/α,β-unsaturated/α-hetero) is 1. The number of hydrogen-bond acceptors (Lipinski definition) is 6. The summed E-state index contributed by atoms with van der Waals surface area (Å²) in [5, 5.41) is 28.9. The zero-order valence-corrected chi connectivity index (χ0v) is 13.6. The maximum absolute atomic E-state index is 12.4. The van der Waals surface area contributed by atoms with Crippen molar-refractivity contribution in [3.05, 3.63) is 35.4 Å². The Morgan fingerprint density at radius 1 is 1.33 bits per heavy atom. The number of hydrogen-bond donors (Lipinski definition) is 3. The molecule has 0 radical (unpaired) electrons. The van der Waals surface area contributed by atoms with Crippen molar-refractivity contribution in [2.24, 2.45) is 0 Å². The van der Waals surface area contributed by atoms with E-state index >= 15 is 0 Å². The van der Waals surface area contributed by atoms with Crippen LogP contribution in [0, 0.1) is 0 Å². The van der Waals surface area contributed by atoms with Crippen LogP contribution in [0.2, 0.25) is 0 Å². The molecule has 24 heavy (non-hydrogen) atoms. The van der Waals surface area contributed by atoms with E-state index in [0.717, 1.165) is 6.07 Å². The van der Waals surface area contributed by atoms with Gasteiger partial charge >= 0.3 is 5.97 Å². The van der Waals surface area contributed by atoms with Gasteiger partial charge in [0.25, 0.3) is 0 Å². The van der Waals surface area contributed by atoms with Gasteiger partial charge in [-0.05, 0) is 43.9 Å². The lowest BCUT2D eigenvalue weighted by Gasteiger charge is -2.19. The Kier molecular flexibility index (Phi) is 5.98.